The third kappa shape index (κ3) is 1.12. The Labute approximate surface area is 71.0 Å². The van der Waals surface area contributed by atoms with Gasteiger partial charge in [0.05, 0.1) is 11.9 Å². The van der Waals surface area contributed by atoms with Crippen LogP contribution < -0.4 is 5.32 Å². The molecule has 0 radical (unpaired) electrons. The van der Waals surface area contributed by atoms with Crippen molar-refractivity contribution in [2.45, 2.75) is 12.8 Å². The predicted octanol–water partition coefficient (Wildman–Crippen LogP) is 1.31. The molecule has 0 fully saturated rings. The normalized spacial score (nSPS) is 14.2. The molecular formula is C9H9N3. The van der Waals surface area contributed by atoms with Gasteiger partial charge in [-0.25, -0.2) is 4.98 Å². The van der Waals surface area contributed by atoms with Crippen LogP contribution in [0.1, 0.15) is 17.7 Å². The van der Waals surface area contributed by atoms with Crippen LogP contribution in [0, 0.1) is 11.3 Å². The van der Waals surface area contributed by atoms with Crippen molar-refractivity contribution in [1.82, 2.24) is 4.98 Å². The molecule has 1 N–H and O–H groups in total. The van der Waals surface area contributed by atoms with Crippen molar-refractivity contribution < 1.29 is 0 Å². The molecular weight excluding hydrogens is 150 g/mol. The molecule has 1 aromatic rings. The van der Waals surface area contributed by atoms with Crippen LogP contribution >= 0.6 is 0 Å². The first-order valence-corrected chi connectivity index (χ1v) is 4.03. The van der Waals surface area contributed by atoms with Gasteiger partial charge in [-0.1, -0.05) is 0 Å². The molecule has 3 heteroatoms. The summed E-state index contributed by atoms with van der Waals surface area (Å²) in [4.78, 5) is 3.99. The summed E-state index contributed by atoms with van der Waals surface area (Å²) in [7, 11) is 0. The third-order valence-electron chi connectivity index (χ3n) is 2.04. The summed E-state index contributed by atoms with van der Waals surface area (Å²) < 4.78 is 0. The quantitative estimate of drug-likeness (QED) is 0.621. The van der Waals surface area contributed by atoms with E-state index in [1.165, 1.54) is 5.56 Å². The minimum Gasteiger partial charge on any atom is -0.384 e. The fourth-order valence-electron chi connectivity index (χ4n) is 1.43. The summed E-state index contributed by atoms with van der Waals surface area (Å²) in [5, 5.41) is 11.8. The van der Waals surface area contributed by atoms with Crippen molar-refractivity contribution in [2.24, 2.45) is 0 Å². The molecule has 0 saturated carbocycles. The first kappa shape index (κ1) is 7.11. The van der Waals surface area contributed by atoms with E-state index in [-0.39, 0.29) is 0 Å². The standard InChI is InChI=1S/C9H9N3/c10-5-8-4-7-2-1-3-11-9(7)6-12-8/h4,6,11H,1-3H2. The van der Waals surface area contributed by atoms with Crippen LogP contribution in [0.5, 0.6) is 0 Å². The van der Waals surface area contributed by atoms with Crippen LogP contribution in [0.3, 0.4) is 0 Å². The number of fused-ring (bicyclic) bond motifs is 1. The Balaban J connectivity index is 2.44. The molecule has 0 atom stereocenters. The SMILES string of the molecule is N#Cc1cc2c(cn1)NCCC2. The van der Waals surface area contributed by atoms with Crippen molar-refractivity contribution >= 4 is 5.69 Å². The van der Waals surface area contributed by atoms with E-state index in [4.69, 9.17) is 5.26 Å². The third-order valence-corrected chi connectivity index (χ3v) is 2.04. The van der Waals surface area contributed by atoms with Gasteiger partial charge in [0.15, 0.2) is 0 Å². The molecule has 60 valence electrons. The van der Waals surface area contributed by atoms with Crippen LogP contribution in [0.4, 0.5) is 5.69 Å². The maximum Gasteiger partial charge on any atom is 0.140 e. The monoisotopic (exact) mass is 159 g/mol. The van der Waals surface area contributed by atoms with Crippen molar-refractivity contribution in [3.63, 3.8) is 0 Å². The molecule has 0 unspecified atom stereocenters. The zero-order valence-electron chi connectivity index (χ0n) is 6.67. The van der Waals surface area contributed by atoms with Gasteiger partial charge >= 0.3 is 0 Å². The number of hydrogen-bond acceptors (Lipinski definition) is 3. The Morgan fingerprint density at radius 1 is 1.58 bits per heavy atom. The molecule has 0 saturated heterocycles. The highest BCUT2D eigenvalue weighted by Crippen LogP contribution is 2.20. The number of rotatable bonds is 0. The number of pyridine rings is 1. The van der Waals surface area contributed by atoms with Crippen LogP contribution in [0.2, 0.25) is 0 Å². The first-order valence-electron chi connectivity index (χ1n) is 4.03. The topological polar surface area (TPSA) is 48.7 Å². The van der Waals surface area contributed by atoms with Crippen LogP contribution in [0.25, 0.3) is 0 Å². The highest BCUT2D eigenvalue weighted by Gasteiger charge is 2.08. The van der Waals surface area contributed by atoms with Gasteiger partial charge in [-0.15, -0.1) is 0 Å². The molecule has 2 heterocycles. The summed E-state index contributed by atoms with van der Waals surface area (Å²) in [5.41, 5.74) is 2.81. The van der Waals surface area contributed by atoms with Crippen molar-refractivity contribution in [2.75, 3.05) is 11.9 Å². The molecule has 0 aromatic carbocycles. The second-order valence-electron chi connectivity index (χ2n) is 2.87. The Morgan fingerprint density at radius 3 is 3.33 bits per heavy atom. The van der Waals surface area contributed by atoms with Gasteiger partial charge in [0.25, 0.3) is 0 Å². The van der Waals surface area contributed by atoms with Gasteiger partial charge in [-0.3, -0.25) is 0 Å². The second-order valence-corrected chi connectivity index (χ2v) is 2.87. The summed E-state index contributed by atoms with van der Waals surface area (Å²) in [6.45, 7) is 1.01. The van der Waals surface area contributed by atoms with Gasteiger partial charge in [0.2, 0.25) is 0 Å². The summed E-state index contributed by atoms with van der Waals surface area (Å²) in [6, 6.07) is 3.90. The molecule has 12 heavy (non-hydrogen) atoms. The van der Waals surface area contributed by atoms with Gasteiger partial charge < -0.3 is 5.32 Å². The van der Waals surface area contributed by atoms with Gasteiger partial charge in [0, 0.05) is 6.54 Å². The second kappa shape index (κ2) is 2.82. The molecule has 1 aliphatic heterocycles. The molecule has 0 bridgehead atoms. The Morgan fingerprint density at radius 2 is 2.50 bits per heavy atom. The molecule has 1 aliphatic rings. The highest BCUT2D eigenvalue weighted by molar-refractivity contribution is 5.52. The number of aromatic nitrogens is 1. The van der Waals surface area contributed by atoms with E-state index in [0.29, 0.717) is 5.69 Å². The molecule has 1 aromatic heterocycles. The van der Waals surface area contributed by atoms with Crippen molar-refractivity contribution in [1.29, 1.82) is 5.26 Å². The fraction of sp³-hybridized carbons (Fsp3) is 0.333. The van der Waals surface area contributed by atoms with Crippen LogP contribution in [0.15, 0.2) is 12.3 Å². The highest BCUT2D eigenvalue weighted by atomic mass is 14.9. The smallest absolute Gasteiger partial charge is 0.140 e. The zero-order valence-corrected chi connectivity index (χ0v) is 6.67. The van der Waals surface area contributed by atoms with Gasteiger partial charge in [-0.2, -0.15) is 5.26 Å². The van der Waals surface area contributed by atoms with E-state index >= 15 is 0 Å². The van der Waals surface area contributed by atoms with E-state index in [1.807, 2.05) is 12.1 Å². The maximum absolute atomic E-state index is 8.61. The Hall–Kier alpha value is -1.56. The van der Waals surface area contributed by atoms with E-state index in [0.717, 1.165) is 25.1 Å². The molecule has 0 amide bonds. The van der Waals surface area contributed by atoms with Crippen molar-refractivity contribution in [3.05, 3.63) is 23.5 Å². The van der Waals surface area contributed by atoms with Crippen molar-refractivity contribution in [3.8, 4) is 6.07 Å². The number of hydrogen-bond donors (Lipinski definition) is 1. The minimum absolute atomic E-state index is 0.512. The largest absolute Gasteiger partial charge is 0.384 e. The predicted molar refractivity (Wildman–Crippen MR) is 45.8 cm³/mol. The number of aryl methyl sites for hydroxylation is 1. The Kier molecular flexibility index (Phi) is 1.67. The molecule has 0 aliphatic carbocycles. The number of anilines is 1. The fourth-order valence-corrected chi connectivity index (χ4v) is 1.43. The number of nitrogens with zero attached hydrogens (tertiary/aromatic N) is 2. The maximum atomic E-state index is 8.61. The van der Waals surface area contributed by atoms with Crippen LogP contribution in [-0.2, 0) is 6.42 Å². The summed E-state index contributed by atoms with van der Waals surface area (Å²) in [5.74, 6) is 0. The van der Waals surface area contributed by atoms with Crippen LogP contribution in [-0.4, -0.2) is 11.5 Å². The lowest BCUT2D eigenvalue weighted by molar-refractivity contribution is 0.825. The lowest BCUT2D eigenvalue weighted by Gasteiger charge is -2.16. The molecule has 3 nitrogen and oxygen atoms in total. The van der Waals surface area contributed by atoms with E-state index < -0.39 is 0 Å². The summed E-state index contributed by atoms with van der Waals surface area (Å²) >= 11 is 0. The molecule has 2 rings (SSSR count). The van der Waals surface area contributed by atoms with E-state index in [9.17, 15) is 0 Å². The average Bonchev–Trinajstić information content (AvgIpc) is 2.17. The van der Waals surface area contributed by atoms with E-state index in [2.05, 4.69) is 10.3 Å². The zero-order chi connectivity index (χ0) is 8.39. The number of nitriles is 1. The minimum atomic E-state index is 0.512. The van der Waals surface area contributed by atoms with Gasteiger partial charge in [-0.05, 0) is 24.5 Å². The van der Waals surface area contributed by atoms with Gasteiger partial charge in [0.1, 0.15) is 11.8 Å². The summed E-state index contributed by atoms with van der Waals surface area (Å²) in [6.07, 6.45) is 3.94. The first-order chi connectivity index (χ1) is 5.90. The Bertz CT molecular complexity index is 338. The lowest BCUT2D eigenvalue weighted by atomic mass is 10.1. The number of nitrogens with one attached hydrogen (secondary N) is 1. The lowest BCUT2D eigenvalue weighted by Crippen LogP contribution is -2.12. The molecule has 0 spiro atoms. The average molecular weight is 159 g/mol. The van der Waals surface area contributed by atoms with E-state index in [1.54, 1.807) is 6.20 Å².